The number of nitrogens with zero attached hydrogens (tertiary/aromatic N) is 3. The van der Waals surface area contributed by atoms with Crippen molar-refractivity contribution in [2.45, 2.75) is 6.10 Å². The van der Waals surface area contributed by atoms with Crippen molar-refractivity contribution in [2.75, 3.05) is 25.2 Å². The Morgan fingerprint density at radius 3 is 3.07 bits per heavy atom. The second-order valence-corrected chi connectivity index (χ2v) is 6.95. The number of hydrazine groups is 1. The highest BCUT2D eigenvalue weighted by Crippen LogP contribution is 2.24. The summed E-state index contributed by atoms with van der Waals surface area (Å²) in [7, 11) is 0. The molecule has 1 atom stereocenters. The Hall–Kier alpha value is -2.06. The molecule has 1 aromatic carbocycles. The van der Waals surface area contributed by atoms with Gasteiger partial charge in [-0.05, 0) is 40.8 Å². The molecule has 2 heterocycles. The maximum absolute atomic E-state index is 14.2. The Morgan fingerprint density at radius 2 is 2.33 bits per heavy atom. The van der Waals surface area contributed by atoms with Gasteiger partial charge in [-0.15, -0.1) is 0 Å². The Labute approximate surface area is 167 Å². The smallest absolute Gasteiger partial charge is 0.298 e. The van der Waals surface area contributed by atoms with Crippen molar-refractivity contribution in [3.63, 3.8) is 0 Å². The van der Waals surface area contributed by atoms with Crippen LogP contribution >= 0.6 is 22.6 Å². The van der Waals surface area contributed by atoms with Gasteiger partial charge in [0.25, 0.3) is 5.91 Å². The van der Waals surface area contributed by atoms with Gasteiger partial charge in [-0.3, -0.25) is 20.1 Å². The minimum atomic E-state index is -1.11. The number of hydrogen-bond donors (Lipinski definition) is 4. The molecule has 0 bridgehead atoms. The Balaban J connectivity index is 1.76. The largest absolute Gasteiger partial charge is 0.394 e. The fourth-order valence-electron chi connectivity index (χ4n) is 2.33. The number of halogens is 2. The Morgan fingerprint density at radius 1 is 1.52 bits per heavy atom. The van der Waals surface area contributed by atoms with Crippen molar-refractivity contribution in [1.29, 1.82) is 0 Å². The molecule has 0 aromatic heterocycles. The van der Waals surface area contributed by atoms with Crippen LogP contribution in [0, 0.1) is 9.39 Å². The monoisotopic (exact) mass is 489 g/mol. The van der Waals surface area contributed by atoms with E-state index in [1.807, 2.05) is 22.6 Å². The van der Waals surface area contributed by atoms with Crippen molar-refractivity contribution in [3.8, 4) is 0 Å². The predicted octanol–water partition coefficient (Wildman–Crippen LogP) is 0.339. The van der Waals surface area contributed by atoms with Gasteiger partial charge >= 0.3 is 0 Å². The number of aliphatic hydroxyl groups is 2. The van der Waals surface area contributed by atoms with Gasteiger partial charge in [0.05, 0.1) is 18.5 Å². The molecule has 2 aliphatic rings. The van der Waals surface area contributed by atoms with Gasteiger partial charge in [0.1, 0.15) is 25.1 Å². The first-order chi connectivity index (χ1) is 13.0. The van der Waals surface area contributed by atoms with E-state index in [2.05, 4.69) is 15.9 Å². The molecule has 0 spiro atoms. The normalized spacial score (nSPS) is 17.3. The van der Waals surface area contributed by atoms with E-state index in [1.54, 1.807) is 29.6 Å². The summed E-state index contributed by atoms with van der Waals surface area (Å²) in [4.78, 5) is 23.1. The van der Waals surface area contributed by atoms with Crippen molar-refractivity contribution in [1.82, 2.24) is 15.4 Å². The van der Waals surface area contributed by atoms with Crippen LogP contribution in [0.25, 0.3) is 0 Å². The first-order valence-electron chi connectivity index (χ1n) is 7.90. The molecule has 0 saturated heterocycles. The standard InChI is InChI=1S/C16H17FIN5O4/c17-13-3-10(18)1-2-14(13)20-23-5-11-4-19-9-22(11)6-15(23)16(26)21-27-8-12(25)7-24/h1-4,6,9,12,20,24-25H,5,7-8H2,(H,21,26)/q+1. The Kier molecular flexibility index (Phi) is 6.38. The van der Waals surface area contributed by atoms with E-state index >= 15 is 0 Å². The summed E-state index contributed by atoms with van der Waals surface area (Å²) in [6.45, 7) is -0.508. The highest BCUT2D eigenvalue weighted by atomic mass is 127. The minimum Gasteiger partial charge on any atom is -0.394 e. The number of anilines is 1. The second kappa shape index (κ2) is 8.75. The van der Waals surface area contributed by atoms with Crippen LogP contribution in [0.1, 0.15) is 0 Å². The van der Waals surface area contributed by atoms with Crippen LogP contribution in [0.3, 0.4) is 0 Å². The summed E-state index contributed by atoms with van der Waals surface area (Å²) < 4.78 is 14.9. The number of hydrogen-bond acceptors (Lipinski definition) is 8. The molecule has 143 valence electrons. The molecule has 27 heavy (non-hydrogen) atoms. The number of hydroxylamine groups is 1. The van der Waals surface area contributed by atoms with Crippen molar-refractivity contribution in [3.05, 3.63) is 51.4 Å². The molecule has 1 aromatic rings. The lowest BCUT2D eigenvalue weighted by molar-refractivity contribution is -0.134. The maximum Gasteiger partial charge on any atom is 0.298 e. The molecule has 3 rings (SSSR count). The number of fused-ring (bicyclic) bond motifs is 1. The molecule has 0 saturated carbocycles. The van der Waals surface area contributed by atoms with Crippen LogP contribution < -0.4 is 15.8 Å². The van der Waals surface area contributed by atoms with E-state index in [-0.39, 0.29) is 24.5 Å². The topological polar surface area (TPSA) is 112 Å². The predicted molar refractivity (Wildman–Crippen MR) is 103 cm³/mol. The molecular weight excluding hydrogens is 472 g/mol. The van der Waals surface area contributed by atoms with Gasteiger partial charge in [-0.2, -0.15) is 0 Å². The molecule has 11 heteroatoms. The number of carbonyl (C=O) groups is 1. The van der Waals surface area contributed by atoms with E-state index in [0.717, 1.165) is 9.27 Å². The SMILES string of the molecule is O=C(NOCC(O)CO)C1=C[N+]2C=NC=C2CN1Nc1ccc(I)cc1F. The van der Waals surface area contributed by atoms with Gasteiger partial charge in [0.15, 0.2) is 11.9 Å². The average Bonchev–Trinajstić information content (AvgIpc) is 3.10. The highest BCUT2D eigenvalue weighted by Gasteiger charge is 2.36. The molecule has 1 amide bonds. The van der Waals surface area contributed by atoms with Crippen LogP contribution in [-0.4, -0.2) is 53.3 Å². The molecule has 4 N–H and O–H groups in total. The average molecular weight is 489 g/mol. The first-order valence-corrected chi connectivity index (χ1v) is 8.98. The lowest BCUT2D eigenvalue weighted by Crippen LogP contribution is -2.46. The summed E-state index contributed by atoms with van der Waals surface area (Å²) in [6.07, 6.45) is 3.59. The molecule has 1 radical (unpaired) electrons. The van der Waals surface area contributed by atoms with Crippen LogP contribution in [0.5, 0.6) is 0 Å². The zero-order valence-electron chi connectivity index (χ0n) is 14.0. The molecule has 0 fully saturated rings. The summed E-state index contributed by atoms with van der Waals surface area (Å²) in [5.74, 6) is -1.07. The number of amides is 1. The number of nitrogens with one attached hydrogen (secondary N) is 2. The zero-order valence-corrected chi connectivity index (χ0v) is 16.1. The molecule has 0 aliphatic carbocycles. The first kappa shape index (κ1) is 19.7. The third kappa shape index (κ3) is 4.81. The summed E-state index contributed by atoms with van der Waals surface area (Å²) in [6, 6.07) is 4.69. The van der Waals surface area contributed by atoms with E-state index < -0.39 is 24.4 Å². The number of rotatable bonds is 7. The van der Waals surface area contributed by atoms with E-state index in [0.29, 0.717) is 0 Å². The van der Waals surface area contributed by atoms with Crippen LogP contribution in [0.15, 0.2) is 47.0 Å². The van der Waals surface area contributed by atoms with Crippen molar-refractivity contribution in [2.24, 2.45) is 4.99 Å². The molecule has 2 aliphatic heterocycles. The zero-order chi connectivity index (χ0) is 19.4. The van der Waals surface area contributed by atoms with Crippen LogP contribution in [0.2, 0.25) is 0 Å². The molecule has 9 nitrogen and oxygen atoms in total. The van der Waals surface area contributed by atoms with E-state index in [1.165, 1.54) is 17.3 Å². The quantitative estimate of drug-likeness (QED) is 0.250. The van der Waals surface area contributed by atoms with Gasteiger partial charge in [0, 0.05) is 3.57 Å². The summed E-state index contributed by atoms with van der Waals surface area (Å²) in [5, 5.41) is 19.5. The van der Waals surface area contributed by atoms with Crippen LogP contribution in [0.4, 0.5) is 10.1 Å². The molecular formula is C16H17FIN5O4+. The van der Waals surface area contributed by atoms with Crippen molar-refractivity contribution >= 4 is 40.5 Å². The third-order valence-corrected chi connectivity index (χ3v) is 4.36. The van der Waals surface area contributed by atoms with E-state index in [9.17, 15) is 14.3 Å². The number of aliphatic imine (C=N–C) groups is 1. The molecule has 1 unspecified atom stereocenters. The van der Waals surface area contributed by atoms with Gasteiger partial charge < -0.3 is 10.2 Å². The van der Waals surface area contributed by atoms with Crippen molar-refractivity contribution < 1.29 is 24.2 Å². The number of aliphatic hydroxyl groups excluding tert-OH is 2. The van der Waals surface area contributed by atoms with E-state index in [4.69, 9.17) is 9.94 Å². The van der Waals surface area contributed by atoms with Gasteiger partial charge in [0.2, 0.25) is 12.0 Å². The lowest BCUT2D eigenvalue weighted by Gasteiger charge is -2.29. The second-order valence-electron chi connectivity index (χ2n) is 5.71. The number of carbonyl (C=O) groups excluding carboxylic acids is 1. The fraction of sp³-hybridized carbons (Fsp3) is 0.250. The highest BCUT2D eigenvalue weighted by molar-refractivity contribution is 14.1. The Bertz CT molecular complexity index is 816. The van der Waals surface area contributed by atoms with Gasteiger partial charge in [-0.25, -0.2) is 14.9 Å². The summed E-state index contributed by atoms with van der Waals surface area (Å²) >= 11 is 2.01. The van der Waals surface area contributed by atoms with Crippen LogP contribution in [-0.2, 0) is 9.63 Å². The lowest BCUT2D eigenvalue weighted by atomic mass is 10.2. The fourth-order valence-corrected chi connectivity index (χ4v) is 2.79. The maximum atomic E-state index is 14.2. The van der Waals surface area contributed by atoms with Gasteiger partial charge in [-0.1, -0.05) is 4.90 Å². The number of benzene rings is 1. The minimum absolute atomic E-state index is 0.150. The third-order valence-electron chi connectivity index (χ3n) is 3.69. The summed E-state index contributed by atoms with van der Waals surface area (Å²) in [5.41, 5.74) is 6.23.